The molecule has 0 atom stereocenters. The van der Waals surface area contributed by atoms with Gasteiger partial charge in [0.15, 0.2) is 11.6 Å². The van der Waals surface area contributed by atoms with E-state index in [0.717, 1.165) is 23.8 Å². The Balaban J connectivity index is 1.66. The molecule has 1 aliphatic carbocycles. The van der Waals surface area contributed by atoms with Gasteiger partial charge >= 0.3 is 6.01 Å². The van der Waals surface area contributed by atoms with Crippen LogP contribution in [0.3, 0.4) is 0 Å². The molecule has 0 saturated heterocycles. The largest absolute Gasteiger partial charge is 0.507 e. The van der Waals surface area contributed by atoms with Gasteiger partial charge in [-0.1, -0.05) is 48.5 Å². The summed E-state index contributed by atoms with van der Waals surface area (Å²) in [4.78, 5) is 13.4. The Morgan fingerprint density at radius 2 is 1.44 bits per heavy atom. The van der Waals surface area contributed by atoms with Crippen molar-refractivity contribution in [3.05, 3.63) is 71.8 Å². The lowest BCUT2D eigenvalue weighted by molar-refractivity contribution is 0.379. The van der Waals surface area contributed by atoms with Crippen molar-refractivity contribution in [1.82, 2.24) is 15.0 Å². The zero-order chi connectivity index (χ0) is 21.8. The van der Waals surface area contributed by atoms with E-state index in [1.165, 1.54) is 46.5 Å². The fourth-order valence-electron chi connectivity index (χ4n) is 4.69. The zero-order valence-corrected chi connectivity index (χ0v) is 17.3. The van der Waals surface area contributed by atoms with Crippen LogP contribution in [-0.4, -0.2) is 32.3 Å². The number of ether oxygens (including phenoxy) is 1. The summed E-state index contributed by atoms with van der Waals surface area (Å²) in [6.07, 6.45) is 2.02. The van der Waals surface area contributed by atoms with E-state index in [0.29, 0.717) is 5.82 Å². The summed E-state index contributed by atoms with van der Waals surface area (Å²) in [5.41, 5.74) is 3.65. The molecule has 1 aromatic heterocycles. The SMILES string of the molecule is COc1nc(-c2c(O)cccc2O)nc(-c2ccc3c4c2ccc2cccc(c24)CC3)n1. The second-order valence-electron chi connectivity index (χ2n) is 7.92. The average Bonchev–Trinajstić information content (AvgIpc) is 2.82. The van der Waals surface area contributed by atoms with Gasteiger partial charge in [-0.3, -0.25) is 0 Å². The smallest absolute Gasteiger partial charge is 0.320 e. The molecule has 32 heavy (non-hydrogen) atoms. The Morgan fingerprint density at radius 1 is 0.719 bits per heavy atom. The molecule has 2 N–H and O–H groups in total. The summed E-state index contributed by atoms with van der Waals surface area (Å²) in [6.45, 7) is 0. The van der Waals surface area contributed by atoms with Crippen molar-refractivity contribution in [2.24, 2.45) is 0 Å². The van der Waals surface area contributed by atoms with Gasteiger partial charge in [0.1, 0.15) is 17.1 Å². The van der Waals surface area contributed by atoms with Gasteiger partial charge in [0, 0.05) is 5.56 Å². The number of phenolic OH excluding ortho intramolecular Hbond substituents is 2. The number of benzene rings is 4. The van der Waals surface area contributed by atoms with Gasteiger partial charge in [0.25, 0.3) is 0 Å². The number of rotatable bonds is 3. The number of phenols is 2. The van der Waals surface area contributed by atoms with Crippen LogP contribution < -0.4 is 4.74 Å². The molecule has 1 heterocycles. The van der Waals surface area contributed by atoms with Crippen LogP contribution in [-0.2, 0) is 12.8 Å². The lowest BCUT2D eigenvalue weighted by Crippen LogP contribution is -2.04. The van der Waals surface area contributed by atoms with Crippen LogP contribution >= 0.6 is 0 Å². The van der Waals surface area contributed by atoms with Gasteiger partial charge in [0.2, 0.25) is 0 Å². The first-order valence-electron chi connectivity index (χ1n) is 10.4. The highest BCUT2D eigenvalue weighted by atomic mass is 16.5. The molecule has 0 unspecified atom stereocenters. The van der Waals surface area contributed by atoms with Gasteiger partial charge < -0.3 is 14.9 Å². The summed E-state index contributed by atoms with van der Waals surface area (Å²) in [5, 5.41) is 25.5. The molecule has 156 valence electrons. The minimum absolute atomic E-state index is 0.110. The maximum atomic E-state index is 10.3. The minimum Gasteiger partial charge on any atom is -0.507 e. The van der Waals surface area contributed by atoms with Crippen LogP contribution in [0.2, 0.25) is 0 Å². The van der Waals surface area contributed by atoms with Crippen LogP contribution in [0, 0.1) is 0 Å². The van der Waals surface area contributed by atoms with E-state index in [1.54, 1.807) is 6.07 Å². The topological polar surface area (TPSA) is 88.4 Å². The van der Waals surface area contributed by atoms with Crippen molar-refractivity contribution in [2.45, 2.75) is 12.8 Å². The van der Waals surface area contributed by atoms with Gasteiger partial charge in [-0.05, 0) is 57.6 Å². The van der Waals surface area contributed by atoms with Crippen molar-refractivity contribution in [3.63, 3.8) is 0 Å². The summed E-state index contributed by atoms with van der Waals surface area (Å²) in [7, 11) is 1.48. The quantitative estimate of drug-likeness (QED) is 0.397. The Morgan fingerprint density at radius 3 is 2.22 bits per heavy atom. The van der Waals surface area contributed by atoms with Crippen molar-refractivity contribution in [2.75, 3.05) is 7.11 Å². The van der Waals surface area contributed by atoms with Crippen LogP contribution in [0.5, 0.6) is 17.5 Å². The molecule has 0 spiro atoms. The summed E-state index contributed by atoms with van der Waals surface area (Å²) < 4.78 is 5.33. The molecule has 6 heteroatoms. The maximum Gasteiger partial charge on any atom is 0.320 e. The van der Waals surface area contributed by atoms with Crippen LogP contribution in [0.4, 0.5) is 0 Å². The first-order valence-corrected chi connectivity index (χ1v) is 10.4. The second kappa shape index (κ2) is 6.92. The first kappa shape index (κ1) is 18.6. The molecule has 0 fully saturated rings. The van der Waals surface area contributed by atoms with Gasteiger partial charge in [-0.25, -0.2) is 4.98 Å². The molecular formula is C26H19N3O3. The predicted octanol–water partition coefficient (Wildman–Crippen LogP) is 5.03. The molecule has 0 radical (unpaired) electrons. The summed E-state index contributed by atoms with van der Waals surface area (Å²) in [6, 6.07) is 19.5. The van der Waals surface area contributed by atoms with E-state index in [-0.39, 0.29) is 28.9 Å². The summed E-state index contributed by atoms with van der Waals surface area (Å²) in [5.74, 6) is 0.334. The number of nitrogens with zero attached hydrogens (tertiary/aromatic N) is 3. The number of aromatic nitrogens is 3. The Bertz CT molecular complexity index is 1530. The summed E-state index contributed by atoms with van der Waals surface area (Å²) >= 11 is 0. The zero-order valence-electron chi connectivity index (χ0n) is 17.3. The number of aryl methyl sites for hydroxylation is 2. The molecule has 6 nitrogen and oxygen atoms in total. The highest BCUT2D eigenvalue weighted by Crippen LogP contribution is 2.41. The molecule has 0 amide bonds. The lowest BCUT2D eigenvalue weighted by Gasteiger charge is -2.20. The van der Waals surface area contributed by atoms with Crippen molar-refractivity contribution in [3.8, 4) is 40.3 Å². The predicted molar refractivity (Wildman–Crippen MR) is 123 cm³/mol. The monoisotopic (exact) mass is 421 g/mol. The van der Waals surface area contributed by atoms with Crippen LogP contribution in [0.1, 0.15) is 11.1 Å². The molecule has 6 rings (SSSR count). The standard InChI is InChI=1S/C26H19N3O3/c1-32-26-28-24(27-25(29-26)23-19(30)6-3-7-20(23)31)18-13-11-16-9-8-14-4-2-5-15-10-12-17(18)22(16)21(14)15/h2-7,10-13,30-31H,8-9H2,1H3. The number of hydrogen-bond acceptors (Lipinski definition) is 6. The lowest BCUT2D eigenvalue weighted by atomic mass is 9.85. The third-order valence-corrected chi connectivity index (χ3v) is 6.14. The van der Waals surface area contributed by atoms with Gasteiger partial charge in [-0.2, -0.15) is 9.97 Å². The molecule has 0 bridgehead atoms. The van der Waals surface area contributed by atoms with Crippen molar-refractivity contribution < 1.29 is 14.9 Å². The Hall–Kier alpha value is -4.19. The fourth-order valence-corrected chi connectivity index (χ4v) is 4.69. The fraction of sp³-hybridized carbons (Fsp3) is 0.115. The van der Waals surface area contributed by atoms with E-state index in [9.17, 15) is 10.2 Å². The third-order valence-electron chi connectivity index (χ3n) is 6.14. The highest BCUT2D eigenvalue weighted by molar-refractivity contribution is 6.15. The Labute approximate surface area is 183 Å². The highest BCUT2D eigenvalue weighted by Gasteiger charge is 2.21. The molecular weight excluding hydrogens is 402 g/mol. The third kappa shape index (κ3) is 2.69. The van der Waals surface area contributed by atoms with Gasteiger partial charge in [0.05, 0.1) is 7.11 Å². The van der Waals surface area contributed by atoms with Crippen molar-refractivity contribution >= 4 is 21.5 Å². The molecule has 0 aliphatic heterocycles. The van der Waals surface area contributed by atoms with E-state index >= 15 is 0 Å². The van der Waals surface area contributed by atoms with E-state index < -0.39 is 0 Å². The molecule has 0 saturated carbocycles. The Kier molecular flexibility index (Phi) is 4.01. The van der Waals surface area contributed by atoms with E-state index in [1.807, 2.05) is 6.07 Å². The second-order valence-corrected chi connectivity index (χ2v) is 7.92. The minimum atomic E-state index is -0.116. The average molecular weight is 421 g/mol. The number of methoxy groups -OCH3 is 1. The van der Waals surface area contributed by atoms with Crippen molar-refractivity contribution in [1.29, 1.82) is 0 Å². The van der Waals surface area contributed by atoms with E-state index in [2.05, 4.69) is 51.4 Å². The molecule has 4 aromatic carbocycles. The van der Waals surface area contributed by atoms with Gasteiger partial charge in [-0.15, -0.1) is 0 Å². The van der Waals surface area contributed by atoms with Crippen LogP contribution in [0.25, 0.3) is 44.3 Å². The molecule has 5 aromatic rings. The van der Waals surface area contributed by atoms with E-state index in [4.69, 9.17) is 4.74 Å². The van der Waals surface area contributed by atoms with Crippen LogP contribution in [0.15, 0.2) is 60.7 Å². The first-order chi connectivity index (χ1) is 15.6. The molecule has 1 aliphatic rings. The number of aromatic hydroxyl groups is 2. The maximum absolute atomic E-state index is 10.3. The normalized spacial score (nSPS) is 12.5. The number of hydrogen-bond donors (Lipinski definition) is 2.